The zero-order chi connectivity index (χ0) is 14.8. The Balaban J connectivity index is 1.77. The van der Waals surface area contributed by atoms with E-state index < -0.39 is 0 Å². The van der Waals surface area contributed by atoms with Crippen LogP contribution in [0.1, 0.15) is 18.5 Å². The van der Waals surface area contributed by atoms with Crippen molar-refractivity contribution in [2.75, 3.05) is 36.0 Å². The monoisotopic (exact) mass is 306 g/mol. The number of nitrogens with zero attached hydrogens (tertiary/aromatic N) is 3. The van der Waals surface area contributed by atoms with Gasteiger partial charge in [0, 0.05) is 55.0 Å². The van der Waals surface area contributed by atoms with Gasteiger partial charge < -0.3 is 15.5 Å². The molecule has 1 atom stereocenters. The Hall–Kier alpha value is -1.66. The summed E-state index contributed by atoms with van der Waals surface area (Å²) in [6.07, 6.45) is 1.83. The van der Waals surface area contributed by atoms with Crippen molar-refractivity contribution in [1.82, 2.24) is 4.98 Å². The Kier molecular flexibility index (Phi) is 4.07. The number of thiazole rings is 1. The van der Waals surface area contributed by atoms with Gasteiger partial charge in [-0.15, -0.1) is 11.3 Å². The lowest BCUT2D eigenvalue weighted by Crippen LogP contribution is -2.47. The minimum Gasteiger partial charge on any atom is -0.368 e. The molecule has 1 aliphatic heterocycles. The van der Waals surface area contributed by atoms with Gasteiger partial charge in [0.15, 0.2) is 5.13 Å². The van der Waals surface area contributed by atoms with Gasteiger partial charge in [0.25, 0.3) is 0 Å². The Morgan fingerprint density at radius 2 is 1.95 bits per heavy atom. The van der Waals surface area contributed by atoms with E-state index in [0.717, 1.165) is 37.0 Å². The Morgan fingerprint density at radius 1 is 1.24 bits per heavy atom. The standard InChI is InChI=1S/C15H19FN4S/c1-11(17)14-12(16)3-2-4-13(14)19-6-8-20(9-7-19)15-18-5-10-21-15/h2-5,10-11H,6-9,17H2,1H3/t11-/m0/s1. The van der Waals surface area contributed by atoms with E-state index in [-0.39, 0.29) is 11.9 Å². The molecule has 1 aromatic heterocycles. The van der Waals surface area contributed by atoms with E-state index in [9.17, 15) is 4.39 Å². The summed E-state index contributed by atoms with van der Waals surface area (Å²) in [5, 5.41) is 3.05. The molecule has 112 valence electrons. The number of halogens is 1. The first kappa shape index (κ1) is 14.3. The lowest BCUT2D eigenvalue weighted by molar-refractivity contribution is 0.586. The largest absolute Gasteiger partial charge is 0.368 e. The fraction of sp³-hybridized carbons (Fsp3) is 0.400. The van der Waals surface area contributed by atoms with Crippen LogP contribution in [-0.2, 0) is 0 Å². The first-order valence-electron chi connectivity index (χ1n) is 7.10. The van der Waals surface area contributed by atoms with Crippen molar-refractivity contribution in [3.63, 3.8) is 0 Å². The summed E-state index contributed by atoms with van der Waals surface area (Å²) in [6, 6.07) is 4.89. The maximum Gasteiger partial charge on any atom is 0.185 e. The van der Waals surface area contributed by atoms with E-state index in [4.69, 9.17) is 5.73 Å². The van der Waals surface area contributed by atoms with Crippen LogP contribution in [0.5, 0.6) is 0 Å². The first-order valence-corrected chi connectivity index (χ1v) is 7.98. The number of piperazine rings is 1. The summed E-state index contributed by atoms with van der Waals surface area (Å²) >= 11 is 1.65. The molecule has 1 saturated heterocycles. The van der Waals surface area contributed by atoms with Crippen molar-refractivity contribution >= 4 is 22.2 Å². The maximum atomic E-state index is 14.0. The summed E-state index contributed by atoms with van der Waals surface area (Å²) in [6.45, 7) is 5.31. The SMILES string of the molecule is C[C@H](N)c1c(F)cccc1N1CCN(c2nccs2)CC1. The van der Waals surface area contributed by atoms with E-state index in [1.807, 2.05) is 24.6 Å². The van der Waals surface area contributed by atoms with Crippen molar-refractivity contribution < 1.29 is 4.39 Å². The fourth-order valence-electron chi connectivity index (χ4n) is 2.76. The summed E-state index contributed by atoms with van der Waals surface area (Å²) in [7, 11) is 0. The molecule has 1 aliphatic rings. The van der Waals surface area contributed by atoms with Crippen LogP contribution < -0.4 is 15.5 Å². The molecule has 1 aromatic carbocycles. The number of anilines is 2. The minimum absolute atomic E-state index is 0.218. The number of hydrogen-bond acceptors (Lipinski definition) is 5. The van der Waals surface area contributed by atoms with E-state index in [1.165, 1.54) is 6.07 Å². The highest BCUT2D eigenvalue weighted by Crippen LogP contribution is 2.29. The highest BCUT2D eigenvalue weighted by molar-refractivity contribution is 7.13. The molecule has 0 amide bonds. The van der Waals surface area contributed by atoms with Gasteiger partial charge >= 0.3 is 0 Å². The summed E-state index contributed by atoms with van der Waals surface area (Å²) in [4.78, 5) is 8.83. The quantitative estimate of drug-likeness (QED) is 0.947. The molecule has 0 saturated carbocycles. The van der Waals surface area contributed by atoms with Crippen molar-refractivity contribution in [1.29, 1.82) is 0 Å². The van der Waals surface area contributed by atoms with Crippen LogP contribution in [0.4, 0.5) is 15.2 Å². The molecule has 0 bridgehead atoms. The second-order valence-electron chi connectivity index (χ2n) is 5.25. The average molecular weight is 306 g/mol. The van der Waals surface area contributed by atoms with Crippen LogP contribution in [0.3, 0.4) is 0 Å². The average Bonchev–Trinajstić information content (AvgIpc) is 3.01. The van der Waals surface area contributed by atoms with Gasteiger partial charge in [-0.25, -0.2) is 9.37 Å². The zero-order valence-electron chi connectivity index (χ0n) is 12.0. The lowest BCUT2D eigenvalue weighted by atomic mass is 10.0. The highest BCUT2D eigenvalue weighted by Gasteiger charge is 2.22. The molecule has 2 N–H and O–H groups in total. The maximum absolute atomic E-state index is 14.0. The molecular formula is C15H19FN4S. The number of rotatable bonds is 3. The van der Waals surface area contributed by atoms with Crippen molar-refractivity contribution in [2.45, 2.75) is 13.0 Å². The van der Waals surface area contributed by atoms with Crippen molar-refractivity contribution in [2.24, 2.45) is 5.73 Å². The Bertz CT molecular complexity index is 592. The van der Waals surface area contributed by atoms with Crippen LogP contribution in [0, 0.1) is 5.82 Å². The molecule has 2 heterocycles. The molecule has 21 heavy (non-hydrogen) atoms. The summed E-state index contributed by atoms with van der Waals surface area (Å²) < 4.78 is 14.0. The van der Waals surface area contributed by atoms with E-state index in [2.05, 4.69) is 14.8 Å². The number of aromatic nitrogens is 1. The third kappa shape index (κ3) is 2.87. The number of nitrogens with two attached hydrogens (primary N) is 1. The van der Waals surface area contributed by atoms with Crippen LogP contribution >= 0.6 is 11.3 Å². The van der Waals surface area contributed by atoms with Gasteiger partial charge in [0.2, 0.25) is 0 Å². The molecule has 0 radical (unpaired) electrons. The molecule has 1 fully saturated rings. The molecule has 6 heteroatoms. The minimum atomic E-state index is -0.307. The van der Waals surface area contributed by atoms with Crippen LogP contribution in [-0.4, -0.2) is 31.2 Å². The van der Waals surface area contributed by atoms with Gasteiger partial charge in [0.05, 0.1) is 0 Å². The normalized spacial score (nSPS) is 17.1. The molecule has 0 unspecified atom stereocenters. The van der Waals surface area contributed by atoms with Crippen LogP contribution in [0.25, 0.3) is 0 Å². The van der Waals surface area contributed by atoms with Gasteiger partial charge in [-0.2, -0.15) is 0 Å². The molecule has 0 spiro atoms. The van der Waals surface area contributed by atoms with Crippen molar-refractivity contribution in [3.8, 4) is 0 Å². The third-order valence-electron chi connectivity index (χ3n) is 3.80. The fourth-order valence-corrected chi connectivity index (χ4v) is 3.46. The van der Waals surface area contributed by atoms with Gasteiger partial charge in [0.1, 0.15) is 5.82 Å². The molecule has 0 aliphatic carbocycles. The Morgan fingerprint density at radius 3 is 2.57 bits per heavy atom. The van der Waals surface area contributed by atoms with Crippen molar-refractivity contribution in [3.05, 3.63) is 41.2 Å². The van der Waals surface area contributed by atoms with Gasteiger partial charge in [-0.3, -0.25) is 0 Å². The topological polar surface area (TPSA) is 45.4 Å². The van der Waals surface area contributed by atoms with Gasteiger partial charge in [-0.1, -0.05) is 6.07 Å². The second kappa shape index (κ2) is 5.99. The second-order valence-corrected chi connectivity index (χ2v) is 6.12. The molecule has 2 aromatic rings. The van der Waals surface area contributed by atoms with Gasteiger partial charge in [-0.05, 0) is 19.1 Å². The zero-order valence-corrected chi connectivity index (χ0v) is 12.8. The lowest BCUT2D eigenvalue weighted by Gasteiger charge is -2.37. The van der Waals surface area contributed by atoms with Crippen LogP contribution in [0.2, 0.25) is 0 Å². The molecular weight excluding hydrogens is 287 g/mol. The highest BCUT2D eigenvalue weighted by atomic mass is 32.1. The molecule has 4 nitrogen and oxygen atoms in total. The summed E-state index contributed by atoms with van der Waals surface area (Å²) in [5.41, 5.74) is 7.47. The smallest absolute Gasteiger partial charge is 0.185 e. The van der Waals surface area contributed by atoms with E-state index in [0.29, 0.717) is 5.56 Å². The third-order valence-corrected chi connectivity index (χ3v) is 4.63. The summed E-state index contributed by atoms with van der Waals surface area (Å²) in [5.74, 6) is -0.218. The number of benzene rings is 1. The van der Waals surface area contributed by atoms with E-state index >= 15 is 0 Å². The predicted octanol–water partition coefficient (Wildman–Crippen LogP) is 2.63. The van der Waals surface area contributed by atoms with Crippen LogP contribution in [0.15, 0.2) is 29.8 Å². The first-order chi connectivity index (χ1) is 10.2. The Labute approximate surface area is 128 Å². The van der Waals surface area contributed by atoms with E-state index in [1.54, 1.807) is 17.4 Å². The predicted molar refractivity (Wildman–Crippen MR) is 85.5 cm³/mol. The molecule has 3 rings (SSSR count). The number of hydrogen-bond donors (Lipinski definition) is 1.